The quantitative estimate of drug-likeness (QED) is 0.781. The van der Waals surface area contributed by atoms with Gasteiger partial charge >= 0.3 is 0 Å². The molecule has 0 aliphatic heterocycles. The summed E-state index contributed by atoms with van der Waals surface area (Å²) in [6.45, 7) is 6.26. The lowest BCUT2D eigenvalue weighted by molar-refractivity contribution is 0.102. The van der Waals surface area contributed by atoms with Crippen LogP contribution in [0, 0.1) is 6.92 Å². The summed E-state index contributed by atoms with van der Waals surface area (Å²) in [6.07, 6.45) is 0. The highest BCUT2D eigenvalue weighted by molar-refractivity contribution is 6.17. The van der Waals surface area contributed by atoms with Crippen LogP contribution in [0.15, 0.2) is 42.5 Å². The summed E-state index contributed by atoms with van der Waals surface area (Å²) in [5, 5.41) is 3.04. The largest absolute Gasteiger partial charge is 0.321 e. The molecule has 0 aliphatic carbocycles. The van der Waals surface area contributed by atoms with Crippen LogP contribution in [-0.4, -0.2) is 5.91 Å². The molecule has 1 N–H and O–H groups in total. The van der Waals surface area contributed by atoms with Gasteiger partial charge in [-0.2, -0.15) is 0 Å². The van der Waals surface area contributed by atoms with Crippen molar-refractivity contribution in [3.63, 3.8) is 0 Å². The molecule has 110 valence electrons. The van der Waals surface area contributed by atoms with Crippen LogP contribution in [0.3, 0.4) is 0 Å². The smallest absolute Gasteiger partial charge is 0.255 e. The van der Waals surface area contributed by atoms with Gasteiger partial charge in [0.25, 0.3) is 5.91 Å². The number of benzene rings is 2. The van der Waals surface area contributed by atoms with Crippen molar-refractivity contribution in [2.45, 2.75) is 32.6 Å². The van der Waals surface area contributed by atoms with Crippen LogP contribution < -0.4 is 5.32 Å². The average Bonchev–Trinajstić information content (AvgIpc) is 2.49. The Labute approximate surface area is 131 Å². The third kappa shape index (κ3) is 3.64. The van der Waals surface area contributed by atoms with Gasteiger partial charge in [0.15, 0.2) is 0 Å². The molecule has 0 atom stereocenters. The number of hydrogen-bond acceptors (Lipinski definition) is 1. The van der Waals surface area contributed by atoms with Gasteiger partial charge in [-0.15, -0.1) is 11.6 Å². The Hall–Kier alpha value is -1.80. The molecule has 0 unspecified atom stereocenters. The van der Waals surface area contributed by atoms with Crippen molar-refractivity contribution in [1.82, 2.24) is 0 Å². The Morgan fingerprint density at radius 1 is 1.14 bits per heavy atom. The summed E-state index contributed by atoms with van der Waals surface area (Å²) in [4.78, 5) is 12.4. The number of halogens is 1. The van der Waals surface area contributed by atoms with E-state index in [-0.39, 0.29) is 5.91 Å². The van der Waals surface area contributed by atoms with Crippen LogP contribution in [0.5, 0.6) is 0 Å². The number of alkyl halides is 1. The van der Waals surface area contributed by atoms with E-state index in [1.54, 1.807) is 12.1 Å². The number of para-hydroxylation sites is 1. The Morgan fingerprint density at radius 2 is 1.81 bits per heavy atom. The fourth-order valence-electron chi connectivity index (χ4n) is 2.27. The van der Waals surface area contributed by atoms with E-state index in [1.807, 2.05) is 31.2 Å². The Kier molecular flexibility index (Phi) is 5.03. The fraction of sp³-hybridized carbons (Fsp3) is 0.278. The topological polar surface area (TPSA) is 29.1 Å². The van der Waals surface area contributed by atoms with E-state index in [1.165, 1.54) is 0 Å². The predicted octanol–water partition coefficient (Wildman–Crippen LogP) is 5.11. The maximum absolute atomic E-state index is 12.4. The molecule has 0 saturated carbocycles. The van der Waals surface area contributed by atoms with Gasteiger partial charge in [-0.05, 0) is 41.7 Å². The number of carbonyl (C=O) groups is 1. The maximum Gasteiger partial charge on any atom is 0.255 e. The van der Waals surface area contributed by atoms with E-state index < -0.39 is 0 Å². The molecule has 0 heterocycles. The third-order valence-corrected chi connectivity index (χ3v) is 3.84. The first-order valence-corrected chi connectivity index (χ1v) is 7.62. The highest BCUT2D eigenvalue weighted by Crippen LogP contribution is 2.27. The zero-order chi connectivity index (χ0) is 15.4. The molecule has 1 amide bonds. The van der Waals surface area contributed by atoms with Crippen LogP contribution in [0.1, 0.15) is 46.8 Å². The Balaban J connectivity index is 2.26. The van der Waals surface area contributed by atoms with Crippen molar-refractivity contribution in [3.05, 3.63) is 64.7 Å². The van der Waals surface area contributed by atoms with Crippen molar-refractivity contribution in [1.29, 1.82) is 0 Å². The van der Waals surface area contributed by atoms with Gasteiger partial charge in [0.05, 0.1) is 0 Å². The molecule has 0 spiro atoms. The van der Waals surface area contributed by atoms with Gasteiger partial charge in [-0.3, -0.25) is 4.79 Å². The summed E-state index contributed by atoms with van der Waals surface area (Å²) in [5.74, 6) is 0.725. The number of rotatable bonds is 4. The van der Waals surface area contributed by atoms with E-state index in [9.17, 15) is 4.79 Å². The highest BCUT2D eigenvalue weighted by atomic mass is 35.5. The van der Waals surface area contributed by atoms with Gasteiger partial charge in [-0.1, -0.05) is 44.2 Å². The third-order valence-electron chi connectivity index (χ3n) is 3.54. The second kappa shape index (κ2) is 6.77. The summed E-state index contributed by atoms with van der Waals surface area (Å²) in [5.41, 5.74) is 4.79. The number of carbonyl (C=O) groups excluding carboxylic acids is 1. The van der Waals surface area contributed by atoms with Crippen LogP contribution in [0.4, 0.5) is 5.69 Å². The molecule has 0 aliphatic rings. The second-order valence-electron chi connectivity index (χ2n) is 5.48. The molecule has 2 aromatic rings. The lowest BCUT2D eigenvalue weighted by atomic mass is 9.98. The average molecular weight is 302 g/mol. The summed E-state index contributed by atoms with van der Waals surface area (Å²) in [7, 11) is 0. The molecule has 0 saturated heterocycles. The van der Waals surface area contributed by atoms with Gasteiger partial charge in [-0.25, -0.2) is 0 Å². The number of amides is 1. The summed E-state index contributed by atoms with van der Waals surface area (Å²) >= 11 is 5.76. The monoisotopic (exact) mass is 301 g/mol. The molecule has 0 bridgehead atoms. The van der Waals surface area contributed by atoms with Gasteiger partial charge < -0.3 is 5.32 Å². The minimum Gasteiger partial charge on any atom is -0.321 e. The Bertz CT molecular complexity index is 632. The number of anilines is 1. The minimum atomic E-state index is -0.0904. The molecule has 3 heteroatoms. The molecule has 0 aromatic heterocycles. The zero-order valence-corrected chi connectivity index (χ0v) is 13.4. The molecule has 2 aromatic carbocycles. The van der Waals surface area contributed by atoms with Crippen molar-refractivity contribution >= 4 is 23.2 Å². The SMILES string of the molecule is Cc1cccc(C(C)C)c1NC(=O)c1ccc(CCl)cc1. The van der Waals surface area contributed by atoms with E-state index in [2.05, 4.69) is 25.2 Å². The molecular weight excluding hydrogens is 282 g/mol. The molecule has 2 nitrogen and oxygen atoms in total. The van der Waals surface area contributed by atoms with Crippen molar-refractivity contribution in [2.75, 3.05) is 5.32 Å². The van der Waals surface area contributed by atoms with E-state index in [0.29, 0.717) is 17.4 Å². The van der Waals surface area contributed by atoms with E-state index in [0.717, 1.165) is 22.4 Å². The molecular formula is C18H20ClNO. The number of hydrogen-bond donors (Lipinski definition) is 1. The summed E-state index contributed by atoms with van der Waals surface area (Å²) < 4.78 is 0. The Morgan fingerprint density at radius 3 is 2.38 bits per heavy atom. The number of aryl methyl sites for hydroxylation is 1. The molecule has 21 heavy (non-hydrogen) atoms. The zero-order valence-electron chi connectivity index (χ0n) is 12.6. The lowest BCUT2D eigenvalue weighted by Gasteiger charge is -2.16. The van der Waals surface area contributed by atoms with Crippen LogP contribution in [0.2, 0.25) is 0 Å². The normalized spacial score (nSPS) is 10.7. The highest BCUT2D eigenvalue weighted by Gasteiger charge is 2.13. The minimum absolute atomic E-state index is 0.0904. The van der Waals surface area contributed by atoms with Crippen LogP contribution in [0.25, 0.3) is 0 Å². The molecule has 2 rings (SSSR count). The standard InChI is InChI=1S/C18H20ClNO/c1-12(2)16-6-4-5-13(3)17(16)20-18(21)15-9-7-14(11-19)8-10-15/h4-10,12H,11H2,1-3H3,(H,20,21). The van der Waals surface area contributed by atoms with Gasteiger partial charge in [0.2, 0.25) is 0 Å². The van der Waals surface area contributed by atoms with E-state index >= 15 is 0 Å². The van der Waals surface area contributed by atoms with Gasteiger partial charge in [0.1, 0.15) is 0 Å². The fourth-order valence-corrected chi connectivity index (χ4v) is 2.45. The van der Waals surface area contributed by atoms with Crippen LogP contribution >= 0.6 is 11.6 Å². The first-order valence-electron chi connectivity index (χ1n) is 7.08. The maximum atomic E-state index is 12.4. The summed E-state index contributed by atoms with van der Waals surface area (Å²) in [6, 6.07) is 13.5. The first kappa shape index (κ1) is 15.6. The molecule has 0 radical (unpaired) electrons. The van der Waals surface area contributed by atoms with Gasteiger partial charge in [0, 0.05) is 17.1 Å². The van der Waals surface area contributed by atoms with Crippen molar-refractivity contribution in [2.24, 2.45) is 0 Å². The number of nitrogens with one attached hydrogen (secondary N) is 1. The van der Waals surface area contributed by atoms with Crippen molar-refractivity contribution in [3.8, 4) is 0 Å². The lowest BCUT2D eigenvalue weighted by Crippen LogP contribution is -2.14. The predicted molar refractivity (Wildman–Crippen MR) is 89.2 cm³/mol. The second-order valence-corrected chi connectivity index (χ2v) is 5.75. The van der Waals surface area contributed by atoms with E-state index in [4.69, 9.17) is 11.6 Å². The molecule has 0 fully saturated rings. The van der Waals surface area contributed by atoms with Crippen LogP contribution in [-0.2, 0) is 5.88 Å². The van der Waals surface area contributed by atoms with Crippen molar-refractivity contribution < 1.29 is 4.79 Å². The first-order chi connectivity index (χ1) is 10.0.